The minimum atomic E-state index is 0.951. The maximum atomic E-state index is 3.56. The predicted octanol–water partition coefficient (Wildman–Crippen LogP) is 2.31. The van der Waals surface area contributed by atoms with Crippen molar-refractivity contribution in [1.82, 2.24) is 15.2 Å². The Morgan fingerprint density at radius 2 is 2.05 bits per heavy atom. The van der Waals surface area contributed by atoms with Crippen LogP contribution < -0.4 is 5.32 Å². The molecule has 4 heteroatoms. The largest absolute Gasteiger partial charge is 0.361 e. The Hall–Kier alpha value is -0.970. The molecule has 1 fully saturated rings. The molecule has 1 saturated heterocycles. The molecule has 0 unspecified atom stereocenters. The molecule has 0 bridgehead atoms. The average Bonchev–Trinajstić information content (AvgIpc) is 2.88. The fourth-order valence-electron chi connectivity index (χ4n) is 2.56. The molecule has 1 aliphatic heterocycles. The fourth-order valence-corrected chi connectivity index (χ4v) is 3.54. The van der Waals surface area contributed by atoms with Crippen LogP contribution in [0.1, 0.15) is 5.56 Å². The number of hydrogen-bond donors (Lipinski definition) is 2. The average molecular weight is 275 g/mol. The first-order chi connectivity index (χ1) is 9.43. The number of aromatic nitrogens is 1. The number of para-hydroxylation sites is 1. The third kappa shape index (κ3) is 3.32. The van der Waals surface area contributed by atoms with Crippen molar-refractivity contribution in [2.45, 2.75) is 6.54 Å². The van der Waals surface area contributed by atoms with Gasteiger partial charge < -0.3 is 15.2 Å². The fraction of sp³-hybridized carbons (Fsp3) is 0.467. The van der Waals surface area contributed by atoms with Crippen molar-refractivity contribution in [2.75, 3.05) is 37.7 Å². The number of fused-ring (bicyclic) bond motifs is 1. The highest BCUT2D eigenvalue weighted by Crippen LogP contribution is 2.17. The van der Waals surface area contributed by atoms with E-state index in [-0.39, 0.29) is 0 Å². The van der Waals surface area contributed by atoms with E-state index in [0.717, 1.165) is 13.1 Å². The van der Waals surface area contributed by atoms with Gasteiger partial charge in [0.05, 0.1) is 0 Å². The van der Waals surface area contributed by atoms with E-state index in [1.807, 2.05) is 0 Å². The van der Waals surface area contributed by atoms with Gasteiger partial charge in [0.25, 0.3) is 0 Å². The Labute approximate surface area is 118 Å². The van der Waals surface area contributed by atoms with E-state index in [0.29, 0.717) is 0 Å². The standard InChI is InChI=1S/C15H21N3S/c1-2-4-15-14(3-1)13(12-17-15)11-16-5-6-18-7-9-19-10-8-18/h1-4,12,16-17H,5-11H2. The summed E-state index contributed by atoms with van der Waals surface area (Å²) >= 11 is 2.07. The normalized spacial score (nSPS) is 17.1. The van der Waals surface area contributed by atoms with Gasteiger partial charge in [-0.25, -0.2) is 0 Å². The zero-order chi connectivity index (χ0) is 12.9. The molecule has 0 amide bonds. The van der Waals surface area contributed by atoms with Crippen LogP contribution >= 0.6 is 11.8 Å². The van der Waals surface area contributed by atoms with Crippen molar-refractivity contribution >= 4 is 22.7 Å². The second kappa shape index (κ2) is 6.46. The molecule has 0 saturated carbocycles. The number of benzene rings is 1. The molecule has 0 radical (unpaired) electrons. The van der Waals surface area contributed by atoms with Crippen LogP contribution in [0.2, 0.25) is 0 Å². The Morgan fingerprint density at radius 1 is 1.21 bits per heavy atom. The van der Waals surface area contributed by atoms with Crippen molar-refractivity contribution in [3.05, 3.63) is 36.0 Å². The molecule has 2 N–H and O–H groups in total. The second-order valence-electron chi connectivity index (χ2n) is 4.99. The molecule has 102 valence electrons. The van der Waals surface area contributed by atoms with Crippen LogP contribution in [0.25, 0.3) is 10.9 Å². The van der Waals surface area contributed by atoms with Crippen molar-refractivity contribution in [1.29, 1.82) is 0 Å². The number of rotatable bonds is 5. The van der Waals surface area contributed by atoms with Crippen molar-refractivity contribution in [2.24, 2.45) is 0 Å². The summed E-state index contributed by atoms with van der Waals surface area (Å²) < 4.78 is 0. The monoisotopic (exact) mass is 275 g/mol. The highest BCUT2D eigenvalue weighted by molar-refractivity contribution is 7.99. The first kappa shape index (κ1) is 13.0. The highest BCUT2D eigenvalue weighted by Gasteiger charge is 2.09. The maximum absolute atomic E-state index is 3.56. The number of hydrogen-bond acceptors (Lipinski definition) is 3. The summed E-state index contributed by atoms with van der Waals surface area (Å²) in [6, 6.07) is 8.49. The Bertz CT molecular complexity index is 517. The lowest BCUT2D eigenvalue weighted by Crippen LogP contribution is -2.37. The Balaban J connectivity index is 1.47. The van der Waals surface area contributed by atoms with E-state index in [4.69, 9.17) is 0 Å². The minimum absolute atomic E-state index is 0.951. The number of H-pyrrole nitrogens is 1. The number of aromatic amines is 1. The van der Waals surface area contributed by atoms with Crippen LogP contribution in [0.5, 0.6) is 0 Å². The first-order valence-electron chi connectivity index (χ1n) is 6.99. The lowest BCUT2D eigenvalue weighted by atomic mass is 10.2. The molecule has 0 aliphatic carbocycles. The van der Waals surface area contributed by atoms with Crippen LogP contribution in [0.15, 0.2) is 30.5 Å². The molecular formula is C15H21N3S. The van der Waals surface area contributed by atoms with Gasteiger partial charge in [-0.2, -0.15) is 11.8 Å². The van der Waals surface area contributed by atoms with Crippen LogP contribution in [0.3, 0.4) is 0 Å². The summed E-state index contributed by atoms with van der Waals surface area (Å²) in [7, 11) is 0. The third-order valence-corrected chi connectivity index (χ3v) is 4.64. The van der Waals surface area contributed by atoms with Gasteiger partial charge in [0.1, 0.15) is 0 Å². The Kier molecular flexibility index (Phi) is 4.43. The molecule has 1 aromatic carbocycles. The highest BCUT2D eigenvalue weighted by atomic mass is 32.2. The van der Waals surface area contributed by atoms with Crippen LogP contribution in [0, 0.1) is 0 Å². The number of nitrogens with one attached hydrogen (secondary N) is 2. The topological polar surface area (TPSA) is 31.1 Å². The van der Waals surface area contributed by atoms with E-state index in [1.54, 1.807) is 0 Å². The van der Waals surface area contributed by atoms with Crippen molar-refractivity contribution in [3.63, 3.8) is 0 Å². The van der Waals surface area contributed by atoms with Gasteiger partial charge in [-0.05, 0) is 11.6 Å². The first-order valence-corrected chi connectivity index (χ1v) is 8.15. The zero-order valence-electron chi connectivity index (χ0n) is 11.2. The SMILES string of the molecule is c1ccc2c(CNCCN3CCSCC3)c[nH]c2c1. The molecule has 2 heterocycles. The van der Waals surface area contributed by atoms with Crippen molar-refractivity contribution in [3.8, 4) is 0 Å². The summed E-state index contributed by atoms with van der Waals surface area (Å²) in [5, 5.41) is 4.90. The molecular weight excluding hydrogens is 254 g/mol. The minimum Gasteiger partial charge on any atom is -0.361 e. The zero-order valence-corrected chi connectivity index (χ0v) is 12.0. The third-order valence-electron chi connectivity index (χ3n) is 3.70. The van der Waals surface area contributed by atoms with Gasteiger partial charge in [0, 0.05) is 61.3 Å². The van der Waals surface area contributed by atoms with Crippen LogP contribution in [-0.2, 0) is 6.54 Å². The lowest BCUT2D eigenvalue weighted by molar-refractivity contribution is 0.301. The van der Waals surface area contributed by atoms with E-state index in [2.05, 4.69) is 57.4 Å². The van der Waals surface area contributed by atoms with Gasteiger partial charge in [-0.15, -0.1) is 0 Å². The number of thioether (sulfide) groups is 1. The Morgan fingerprint density at radius 3 is 2.95 bits per heavy atom. The predicted molar refractivity (Wildman–Crippen MR) is 83.8 cm³/mol. The molecule has 3 rings (SSSR count). The molecule has 2 aromatic rings. The number of nitrogens with zero attached hydrogens (tertiary/aromatic N) is 1. The van der Waals surface area contributed by atoms with Gasteiger partial charge >= 0.3 is 0 Å². The summed E-state index contributed by atoms with van der Waals surface area (Å²) in [6.45, 7) is 5.69. The van der Waals surface area contributed by atoms with E-state index < -0.39 is 0 Å². The van der Waals surface area contributed by atoms with Crippen LogP contribution in [0.4, 0.5) is 0 Å². The van der Waals surface area contributed by atoms with E-state index in [1.165, 1.54) is 47.6 Å². The summed E-state index contributed by atoms with van der Waals surface area (Å²) in [6.07, 6.45) is 2.12. The van der Waals surface area contributed by atoms with E-state index in [9.17, 15) is 0 Å². The molecule has 3 nitrogen and oxygen atoms in total. The molecule has 0 atom stereocenters. The molecule has 19 heavy (non-hydrogen) atoms. The second-order valence-corrected chi connectivity index (χ2v) is 6.22. The molecule has 1 aromatic heterocycles. The summed E-state index contributed by atoms with van der Waals surface area (Å²) in [5.74, 6) is 2.59. The summed E-state index contributed by atoms with van der Waals surface area (Å²) in [4.78, 5) is 5.88. The van der Waals surface area contributed by atoms with Crippen LogP contribution in [-0.4, -0.2) is 47.6 Å². The quantitative estimate of drug-likeness (QED) is 0.821. The molecule has 1 aliphatic rings. The summed E-state index contributed by atoms with van der Waals surface area (Å²) in [5.41, 5.74) is 2.59. The van der Waals surface area contributed by atoms with Crippen molar-refractivity contribution < 1.29 is 0 Å². The van der Waals surface area contributed by atoms with E-state index >= 15 is 0 Å². The van der Waals surface area contributed by atoms with Gasteiger partial charge in [0.2, 0.25) is 0 Å². The van der Waals surface area contributed by atoms with Gasteiger partial charge in [-0.3, -0.25) is 0 Å². The smallest absolute Gasteiger partial charge is 0.0457 e. The lowest BCUT2D eigenvalue weighted by Gasteiger charge is -2.26. The molecule has 0 spiro atoms. The van der Waals surface area contributed by atoms with Gasteiger partial charge in [0.15, 0.2) is 0 Å². The van der Waals surface area contributed by atoms with Gasteiger partial charge in [-0.1, -0.05) is 18.2 Å². The maximum Gasteiger partial charge on any atom is 0.0457 e.